The van der Waals surface area contributed by atoms with Crippen LogP contribution in [0.2, 0.25) is 0 Å². The molecule has 16 heteroatoms. The number of hydrogen-bond acceptors (Lipinski definition) is 8. The molecule has 0 rings (SSSR count). The SMILES string of the molecule is CC(C)C(N)C(=O)NC(CC(=O)O)C(=O)NC(CC(N)=O)C(=O)NC(CCCN=C(N)N)C(=O)O. The first-order valence-corrected chi connectivity index (χ1v) is 10.6. The lowest BCUT2D eigenvalue weighted by atomic mass is 10.0. The molecular weight excluding hydrogens is 468 g/mol. The molecular formula is C19H34N8O8. The van der Waals surface area contributed by atoms with Crippen LogP contribution in [0.25, 0.3) is 0 Å². The van der Waals surface area contributed by atoms with E-state index in [1.807, 2.05) is 0 Å². The molecule has 0 fully saturated rings. The first-order chi connectivity index (χ1) is 16.1. The molecule has 0 aromatic heterocycles. The first-order valence-electron chi connectivity index (χ1n) is 10.6. The van der Waals surface area contributed by atoms with Gasteiger partial charge in [0.15, 0.2) is 5.96 Å². The molecule has 0 aliphatic carbocycles. The molecule has 198 valence electrons. The number of carbonyl (C=O) groups is 6. The Balaban J connectivity index is 5.51. The molecule has 0 aromatic carbocycles. The quantitative estimate of drug-likeness (QED) is 0.0555. The van der Waals surface area contributed by atoms with Crippen molar-refractivity contribution in [3.05, 3.63) is 0 Å². The topological polar surface area (TPSA) is 295 Å². The summed E-state index contributed by atoms with van der Waals surface area (Å²) in [5.74, 6) is -7.34. The van der Waals surface area contributed by atoms with Gasteiger partial charge >= 0.3 is 11.9 Å². The van der Waals surface area contributed by atoms with Crippen LogP contribution in [0, 0.1) is 5.92 Å². The molecule has 0 saturated heterocycles. The van der Waals surface area contributed by atoms with Gasteiger partial charge in [0.1, 0.15) is 18.1 Å². The standard InChI is InChI=1S/C19H34N8O8/c1-8(2)14(21)17(33)27-11(7-13(29)30)16(32)26-10(6-12(20)28)15(31)25-9(18(34)35)4-3-5-24-19(22)23/h8-11,14H,3-7,21H2,1-2H3,(H2,20,28)(H,25,31)(H,26,32)(H,27,33)(H,29,30)(H,34,35)(H4,22,23,24). The van der Waals surface area contributed by atoms with Crippen LogP contribution in [0.3, 0.4) is 0 Å². The van der Waals surface area contributed by atoms with Gasteiger partial charge in [-0.2, -0.15) is 0 Å². The van der Waals surface area contributed by atoms with E-state index in [1.165, 1.54) is 0 Å². The number of nitrogens with one attached hydrogen (secondary N) is 3. The van der Waals surface area contributed by atoms with Gasteiger partial charge in [-0.1, -0.05) is 13.8 Å². The zero-order valence-corrected chi connectivity index (χ0v) is 19.5. The van der Waals surface area contributed by atoms with Crippen molar-refractivity contribution in [2.24, 2.45) is 33.8 Å². The molecule has 0 aliphatic rings. The van der Waals surface area contributed by atoms with Gasteiger partial charge in [0.25, 0.3) is 0 Å². The molecule has 4 unspecified atom stereocenters. The van der Waals surface area contributed by atoms with Crippen LogP contribution in [0.5, 0.6) is 0 Å². The third kappa shape index (κ3) is 12.8. The number of nitrogens with two attached hydrogens (primary N) is 4. The molecule has 4 amide bonds. The van der Waals surface area contributed by atoms with Gasteiger partial charge in [0.2, 0.25) is 23.6 Å². The average molecular weight is 503 g/mol. The summed E-state index contributed by atoms with van der Waals surface area (Å²) < 4.78 is 0. The number of aliphatic imine (C=N–C) groups is 1. The third-order valence-electron chi connectivity index (χ3n) is 4.63. The van der Waals surface area contributed by atoms with Crippen LogP contribution in [-0.2, 0) is 28.8 Å². The maximum atomic E-state index is 12.7. The van der Waals surface area contributed by atoms with Crippen molar-refractivity contribution in [1.29, 1.82) is 0 Å². The number of aliphatic carboxylic acids is 2. The summed E-state index contributed by atoms with van der Waals surface area (Å²) in [6.45, 7) is 3.37. The fourth-order valence-corrected chi connectivity index (χ4v) is 2.67. The van der Waals surface area contributed by atoms with E-state index < -0.39 is 72.6 Å². The number of carboxylic acids is 2. The van der Waals surface area contributed by atoms with Crippen LogP contribution in [0.15, 0.2) is 4.99 Å². The predicted octanol–water partition coefficient (Wildman–Crippen LogP) is -4.09. The maximum Gasteiger partial charge on any atom is 0.326 e. The van der Waals surface area contributed by atoms with Crippen molar-refractivity contribution in [3.8, 4) is 0 Å². The van der Waals surface area contributed by atoms with Crippen molar-refractivity contribution in [1.82, 2.24) is 16.0 Å². The Labute approximate surface area is 201 Å². The largest absolute Gasteiger partial charge is 0.481 e. The van der Waals surface area contributed by atoms with Gasteiger partial charge in [-0.25, -0.2) is 4.79 Å². The Kier molecular flexibility index (Phi) is 13.4. The first kappa shape index (κ1) is 31.0. The lowest BCUT2D eigenvalue weighted by molar-refractivity contribution is -0.143. The molecule has 0 aromatic rings. The van der Waals surface area contributed by atoms with Crippen LogP contribution in [-0.4, -0.2) is 82.5 Å². The molecule has 35 heavy (non-hydrogen) atoms. The van der Waals surface area contributed by atoms with E-state index in [4.69, 9.17) is 28.0 Å². The van der Waals surface area contributed by atoms with Crippen LogP contribution < -0.4 is 38.9 Å². The molecule has 0 heterocycles. The summed E-state index contributed by atoms with van der Waals surface area (Å²) in [6, 6.07) is -5.74. The Morgan fingerprint density at radius 2 is 1.29 bits per heavy atom. The summed E-state index contributed by atoms with van der Waals surface area (Å²) in [6.07, 6.45) is -1.47. The molecule has 0 bridgehead atoms. The highest BCUT2D eigenvalue weighted by atomic mass is 16.4. The van der Waals surface area contributed by atoms with E-state index in [9.17, 15) is 33.9 Å². The number of guanidine groups is 1. The Bertz CT molecular complexity index is 828. The van der Waals surface area contributed by atoms with Gasteiger partial charge < -0.3 is 49.1 Å². The van der Waals surface area contributed by atoms with E-state index in [0.29, 0.717) is 0 Å². The Morgan fingerprint density at radius 3 is 1.71 bits per heavy atom. The molecule has 4 atom stereocenters. The van der Waals surface area contributed by atoms with Crippen molar-refractivity contribution in [3.63, 3.8) is 0 Å². The van der Waals surface area contributed by atoms with Gasteiger partial charge in [-0.15, -0.1) is 0 Å². The second kappa shape index (κ2) is 15.0. The number of hydrogen-bond donors (Lipinski definition) is 9. The van der Waals surface area contributed by atoms with E-state index in [0.717, 1.165) is 0 Å². The summed E-state index contributed by atoms with van der Waals surface area (Å²) in [5, 5.41) is 25.0. The minimum atomic E-state index is -1.65. The minimum Gasteiger partial charge on any atom is -0.481 e. The Morgan fingerprint density at radius 1 is 0.800 bits per heavy atom. The zero-order valence-electron chi connectivity index (χ0n) is 19.5. The van der Waals surface area contributed by atoms with E-state index in [-0.39, 0.29) is 31.3 Å². The number of carbonyl (C=O) groups excluding carboxylic acids is 4. The number of rotatable bonds is 16. The summed E-state index contributed by atoms with van der Waals surface area (Å²) in [7, 11) is 0. The van der Waals surface area contributed by atoms with E-state index >= 15 is 0 Å². The van der Waals surface area contributed by atoms with E-state index in [1.54, 1.807) is 13.8 Å². The van der Waals surface area contributed by atoms with Gasteiger partial charge in [-0.05, 0) is 18.8 Å². The van der Waals surface area contributed by atoms with Gasteiger partial charge in [-0.3, -0.25) is 29.0 Å². The summed E-state index contributed by atoms with van der Waals surface area (Å²) >= 11 is 0. The maximum absolute atomic E-state index is 12.7. The zero-order chi connectivity index (χ0) is 27.3. The molecule has 0 saturated carbocycles. The second-order valence-electron chi connectivity index (χ2n) is 8.01. The summed E-state index contributed by atoms with van der Waals surface area (Å²) in [5.41, 5.74) is 21.2. The predicted molar refractivity (Wildman–Crippen MR) is 122 cm³/mol. The Hall–Kier alpha value is -3.95. The van der Waals surface area contributed by atoms with Crippen molar-refractivity contribution < 1.29 is 39.0 Å². The number of carboxylic acid groups (broad SMARTS) is 2. The number of amides is 4. The highest BCUT2D eigenvalue weighted by Crippen LogP contribution is 2.04. The van der Waals surface area contributed by atoms with Crippen molar-refractivity contribution in [2.75, 3.05) is 6.54 Å². The van der Waals surface area contributed by atoms with Gasteiger partial charge in [0.05, 0.1) is 18.9 Å². The lowest BCUT2D eigenvalue weighted by Gasteiger charge is -2.24. The van der Waals surface area contributed by atoms with Gasteiger partial charge in [0, 0.05) is 6.54 Å². The van der Waals surface area contributed by atoms with Crippen LogP contribution in [0.1, 0.15) is 39.5 Å². The highest BCUT2D eigenvalue weighted by molar-refractivity contribution is 5.97. The molecule has 0 aliphatic heterocycles. The van der Waals surface area contributed by atoms with Crippen molar-refractivity contribution >= 4 is 41.5 Å². The molecule has 13 N–H and O–H groups in total. The lowest BCUT2D eigenvalue weighted by Crippen LogP contribution is -2.58. The van der Waals surface area contributed by atoms with E-state index in [2.05, 4.69) is 20.9 Å². The van der Waals surface area contributed by atoms with Crippen molar-refractivity contribution in [2.45, 2.75) is 63.7 Å². The second-order valence-corrected chi connectivity index (χ2v) is 8.01. The highest BCUT2D eigenvalue weighted by Gasteiger charge is 2.32. The number of primary amides is 1. The monoisotopic (exact) mass is 502 g/mol. The number of nitrogens with zero attached hydrogens (tertiary/aromatic N) is 1. The average Bonchev–Trinajstić information content (AvgIpc) is 2.72. The van der Waals surface area contributed by atoms with Crippen LogP contribution >= 0.6 is 0 Å². The molecule has 16 nitrogen and oxygen atoms in total. The van der Waals surface area contributed by atoms with Crippen LogP contribution in [0.4, 0.5) is 0 Å². The molecule has 0 spiro atoms. The summed E-state index contributed by atoms with van der Waals surface area (Å²) in [4.78, 5) is 75.3. The molecule has 0 radical (unpaired) electrons. The third-order valence-corrected chi connectivity index (χ3v) is 4.63. The minimum absolute atomic E-state index is 0.0835. The normalized spacial score (nSPS) is 14.1. The smallest absolute Gasteiger partial charge is 0.326 e. The fraction of sp³-hybridized carbons (Fsp3) is 0.632. The fourth-order valence-electron chi connectivity index (χ4n) is 2.67.